The zero-order valence-electron chi connectivity index (χ0n) is 19.0. The lowest BCUT2D eigenvalue weighted by molar-refractivity contribution is -0.132. The van der Waals surface area contributed by atoms with Crippen molar-refractivity contribution in [3.63, 3.8) is 0 Å². The summed E-state index contributed by atoms with van der Waals surface area (Å²) >= 11 is 3.91. The van der Waals surface area contributed by atoms with Crippen LogP contribution in [0.2, 0.25) is 0 Å². The Morgan fingerprint density at radius 2 is 1.97 bits per heavy atom. The number of hydrogen-bond donors (Lipinski definition) is 0. The number of aliphatic imine (C=N–C) groups is 1. The van der Waals surface area contributed by atoms with Crippen molar-refractivity contribution >= 4 is 60.4 Å². The van der Waals surface area contributed by atoms with Crippen molar-refractivity contribution in [2.45, 2.75) is 26.3 Å². The molecule has 0 unspecified atom stereocenters. The van der Waals surface area contributed by atoms with Crippen molar-refractivity contribution < 1.29 is 13.2 Å². The van der Waals surface area contributed by atoms with E-state index in [-0.39, 0.29) is 23.1 Å². The number of amides is 1. The van der Waals surface area contributed by atoms with E-state index in [1.165, 1.54) is 10.6 Å². The number of piperazine rings is 1. The minimum Gasteiger partial charge on any atom is -0.340 e. The summed E-state index contributed by atoms with van der Waals surface area (Å²) in [5.74, 6) is -0.292. The molecule has 2 aliphatic heterocycles. The highest BCUT2D eigenvalue weighted by Gasteiger charge is 2.28. The topological polar surface area (TPSA) is 87.3 Å². The molecule has 0 radical (unpaired) electrons. The molecule has 33 heavy (non-hydrogen) atoms. The fraction of sp³-hybridized carbons (Fsp3) is 0.500. The summed E-state index contributed by atoms with van der Waals surface area (Å²) in [5.41, 5.74) is 2.86. The molecule has 0 atom stereocenters. The van der Waals surface area contributed by atoms with Crippen molar-refractivity contribution in [1.29, 1.82) is 0 Å². The van der Waals surface area contributed by atoms with Gasteiger partial charge in [0, 0.05) is 73.8 Å². The predicted molar refractivity (Wildman–Crippen MR) is 140 cm³/mol. The lowest BCUT2D eigenvalue weighted by Gasteiger charge is -2.34. The van der Waals surface area contributed by atoms with Crippen molar-refractivity contribution in [2.24, 2.45) is 17.0 Å². The quantitative estimate of drug-likeness (QED) is 0.493. The van der Waals surface area contributed by atoms with E-state index in [0.29, 0.717) is 25.2 Å². The third-order valence-electron chi connectivity index (χ3n) is 6.26. The SMILES string of the molecule is C/N=c1\sc(CN2CCN(C(=O)CCS(=O)(=O)C3=Nc4ccc(I)cc4C3)CC2)c(C)n1C. The molecule has 1 saturated heterocycles. The Hall–Kier alpha value is -1.57. The molecule has 4 rings (SSSR count). The normalized spacial score (nSPS) is 17.4. The van der Waals surface area contributed by atoms with Crippen LogP contribution in [0.15, 0.2) is 28.2 Å². The van der Waals surface area contributed by atoms with E-state index >= 15 is 0 Å². The molecular formula is C22H28IN5O3S2. The van der Waals surface area contributed by atoms with Crippen LogP contribution in [0.4, 0.5) is 5.69 Å². The predicted octanol–water partition coefficient (Wildman–Crippen LogP) is 2.27. The molecule has 0 saturated carbocycles. The molecule has 11 heteroatoms. The number of aromatic nitrogens is 1. The minimum absolute atomic E-state index is 0.00351. The van der Waals surface area contributed by atoms with E-state index in [2.05, 4.69) is 49.0 Å². The first-order valence-corrected chi connectivity index (χ1v) is 14.4. The van der Waals surface area contributed by atoms with Gasteiger partial charge in [-0.3, -0.25) is 14.7 Å². The first-order valence-electron chi connectivity index (χ1n) is 10.8. The number of carbonyl (C=O) groups excluding carboxylic acids is 1. The Labute approximate surface area is 212 Å². The van der Waals surface area contributed by atoms with Gasteiger partial charge in [-0.2, -0.15) is 0 Å². The third kappa shape index (κ3) is 5.41. The first kappa shape index (κ1) is 24.6. The van der Waals surface area contributed by atoms with Gasteiger partial charge in [0.05, 0.1) is 11.4 Å². The van der Waals surface area contributed by atoms with Crippen molar-refractivity contribution in [3.05, 3.63) is 42.7 Å². The van der Waals surface area contributed by atoms with Crippen LogP contribution in [0, 0.1) is 10.5 Å². The Morgan fingerprint density at radius 3 is 2.64 bits per heavy atom. The molecule has 0 spiro atoms. The zero-order chi connectivity index (χ0) is 23.8. The van der Waals surface area contributed by atoms with E-state index in [1.807, 2.05) is 25.2 Å². The highest BCUT2D eigenvalue weighted by Crippen LogP contribution is 2.30. The van der Waals surface area contributed by atoms with Crippen molar-refractivity contribution in [3.8, 4) is 0 Å². The molecule has 178 valence electrons. The smallest absolute Gasteiger partial charge is 0.223 e. The van der Waals surface area contributed by atoms with E-state index in [4.69, 9.17) is 0 Å². The molecule has 1 fully saturated rings. The van der Waals surface area contributed by atoms with Gasteiger partial charge >= 0.3 is 0 Å². The van der Waals surface area contributed by atoms with Crippen LogP contribution in [0.3, 0.4) is 0 Å². The van der Waals surface area contributed by atoms with E-state index in [9.17, 15) is 13.2 Å². The van der Waals surface area contributed by atoms with Crippen LogP contribution in [0.1, 0.15) is 22.6 Å². The summed E-state index contributed by atoms with van der Waals surface area (Å²) in [6, 6.07) is 5.72. The van der Waals surface area contributed by atoms with E-state index < -0.39 is 9.84 Å². The molecule has 0 bridgehead atoms. The van der Waals surface area contributed by atoms with Crippen LogP contribution in [-0.2, 0) is 34.6 Å². The number of halogens is 1. The van der Waals surface area contributed by atoms with Gasteiger partial charge in [-0.25, -0.2) is 13.4 Å². The second kappa shape index (κ2) is 9.96. The van der Waals surface area contributed by atoms with E-state index in [0.717, 1.165) is 33.6 Å². The highest BCUT2D eigenvalue weighted by atomic mass is 127. The number of fused-ring (bicyclic) bond motifs is 1. The summed E-state index contributed by atoms with van der Waals surface area (Å²) in [6.45, 7) is 5.73. The van der Waals surface area contributed by atoms with Gasteiger partial charge in [0.2, 0.25) is 5.91 Å². The van der Waals surface area contributed by atoms with Crippen LogP contribution in [0.25, 0.3) is 0 Å². The molecule has 1 aromatic heterocycles. The second-order valence-electron chi connectivity index (χ2n) is 8.36. The average Bonchev–Trinajstić information content (AvgIpc) is 3.34. The molecule has 2 aliphatic rings. The lowest BCUT2D eigenvalue weighted by Crippen LogP contribution is -2.48. The Kier molecular flexibility index (Phi) is 7.41. The molecule has 0 aliphatic carbocycles. The van der Waals surface area contributed by atoms with Crippen LogP contribution >= 0.6 is 33.9 Å². The standard InChI is InChI=1S/C22H28IN5O3S2/c1-15-19(32-22(24-2)26(15)3)14-27-7-9-28(10-8-27)21(29)6-11-33(30,31)20-13-16-12-17(23)4-5-18(16)25-20/h4-5,12H,6-11,13-14H2,1-3H3/b24-22-. The second-order valence-corrected chi connectivity index (χ2v) is 12.8. The number of sulfone groups is 1. The fourth-order valence-corrected chi connectivity index (χ4v) is 7.07. The maximum Gasteiger partial charge on any atom is 0.223 e. The largest absolute Gasteiger partial charge is 0.340 e. The summed E-state index contributed by atoms with van der Waals surface area (Å²) in [7, 11) is 0.276. The molecular weight excluding hydrogens is 573 g/mol. The van der Waals surface area contributed by atoms with Gasteiger partial charge in [-0.15, -0.1) is 11.3 Å². The summed E-state index contributed by atoms with van der Waals surface area (Å²) < 4.78 is 28.7. The summed E-state index contributed by atoms with van der Waals surface area (Å²) in [6.07, 6.45) is 0.310. The minimum atomic E-state index is -3.56. The molecule has 0 N–H and O–H groups in total. The molecule has 2 aromatic rings. The van der Waals surface area contributed by atoms with Crippen LogP contribution in [0.5, 0.6) is 0 Å². The summed E-state index contributed by atoms with van der Waals surface area (Å²) in [4.78, 5) is 27.8. The molecule has 1 aromatic carbocycles. The number of rotatable bonds is 5. The first-order chi connectivity index (χ1) is 15.7. The van der Waals surface area contributed by atoms with Gasteiger partial charge in [0.25, 0.3) is 0 Å². The van der Waals surface area contributed by atoms with E-state index in [1.54, 1.807) is 23.3 Å². The van der Waals surface area contributed by atoms with Gasteiger partial charge < -0.3 is 9.47 Å². The molecule has 1 amide bonds. The summed E-state index contributed by atoms with van der Waals surface area (Å²) in [5, 5.41) is 0.176. The highest BCUT2D eigenvalue weighted by molar-refractivity contribution is 14.1. The lowest BCUT2D eigenvalue weighted by atomic mass is 10.2. The van der Waals surface area contributed by atoms with Gasteiger partial charge in [0.15, 0.2) is 14.6 Å². The fourth-order valence-electron chi connectivity index (χ4n) is 4.10. The van der Waals surface area contributed by atoms with Crippen LogP contribution < -0.4 is 4.80 Å². The Balaban J connectivity index is 1.28. The van der Waals surface area contributed by atoms with Crippen molar-refractivity contribution in [2.75, 3.05) is 39.0 Å². The maximum absolute atomic E-state index is 12.8. The van der Waals surface area contributed by atoms with Gasteiger partial charge in [-0.1, -0.05) is 0 Å². The molecule has 8 nitrogen and oxygen atoms in total. The van der Waals surface area contributed by atoms with Gasteiger partial charge in [-0.05, 0) is 53.3 Å². The maximum atomic E-state index is 12.8. The van der Waals surface area contributed by atoms with Crippen molar-refractivity contribution in [1.82, 2.24) is 14.4 Å². The third-order valence-corrected chi connectivity index (χ3v) is 9.94. The number of nitrogens with zero attached hydrogens (tertiary/aromatic N) is 5. The zero-order valence-corrected chi connectivity index (χ0v) is 22.8. The van der Waals surface area contributed by atoms with Gasteiger partial charge in [0.1, 0.15) is 5.04 Å². The number of carbonyl (C=O) groups is 1. The van der Waals surface area contributed by atoms with Crippen LogP contribution in [-0.4, -0.2) is 72.7 Å². The molecule has 3 heterocycles. The Bertz CT molecular complexity index is 1270. The number of hydrogen-bond acceptors (Lipinski definition) is 7. The number of benzene rings is 1. The Morgan fingerprint density at radius 1 is 1.24 bits per heavy atom. The monoisotopic (exact) mass is 601 g/mol. The number of thiazole rings is 1. The average molecular weight is 602 g/mol.